The lowest BCUT2D eigenvalue weighted by Gasteiger charge is -2.14. The van der Waals surface area contributed by atoms with Gasteiger partial charge in [0.1, 0.15) is 0 Å². The Kier molecular flexibility index (Phi) is 14.3. The molecule has 0 spiro atoms. The summed E-state index contributed by atoms with van der Waals surface area (Å²) in [5.41, 5.74) is 1.20. The largest absolute Gasteiger partial charge is 0.382 e. The van der Waals surface area contributed by atoms with E-state index in [-0.39, 0.29) is 0 Å². The van der Waals surface area contributed by atoms with Crippen molar-refractivity contribution in [2.24, 2.45) is 10.9 Å². The van der Waals surface area contributed by atoms with Gasteiger partial charge in [0.15, 0.2) is 5.96 Å². The van der Waals surface area contributed by atoms with E-state index in [9.17, 15) is 0 Å². The van der Waals surface area contributed by atoms with Crippen molar-refractivity contribution < 1.29 is 14.2 Å². The first-order chi connectivity index (χ1) is 13.3. The van der Waals surface area contributed by atoms with Crippen molar-refractivity contribution in [3.05, 3.63) is 35.9 Å². The molecule has 1 aromatic rings. The molecule has 1 aromatic carbocycles. The number of benzene rings is 1. The average molecular weight is 380 g/mol. The van der Waals surface area contributed by atoms with Crippen LogP contribution < -0.4 is 10.6 Å². The lowest BCUT2D eigenvalue weighted by atomic mass is 10.2. The Bertz CT molecular complexity index is 483. The number of nitrogens with one attached hydrogen (secondary N) is 2. The molecule has 1 atom stereocenters. The molecule has 0 bridgehead atoms. The third-order valence-corrected chi connectivity index (χ3v) is 3.86. The second-order valence-electron chi connectivity index (χ2n) is 6.56. The summed E-state index contributed by atoms with van der Waals surface area (Å²) >= 11 is 0. The molecule has 0 aliphatic rings. The Labute approximate surface area is 164 Å². The number of unbranched alkanes of at least 4 members (excludes halogenated alkanes) is 1. The number of hydrogen-bond donors (Lipinski definition) is 2. The zero-order valence-corrected chi connectivity index (χ0v) is 17.2. The number of nitrogens with zero attached hydrogens (tertiary/aromatic N) is 1. The Morgan fingerprint density at radius 1 is 1.04 bits per heavy atom. The fraction of sp³-hybridized carbons (Fsp3) is 0.667. The van der Waals surface area contributed by atoms with E-state index in [1.165, 1.54) is 5.56 Å². The highest BCUT2D eigenvalue weighted by molar-refractivity contribution is 5.79. The Morgan fingerprint density at radius 2 is 1.85 bits per heavy atom. The monoisotopic (exact) mass is 379 g/mol. The average Bonchev–Trinajstić information content (AvgIpc) is 2.69. The molecule has 154 valence electrons. The number of guanidine groups is 1. The van der Waals surface area contributed by atoms with Gasteiger partial charge >= 0.3 is 0 Å². The SMILES string of the molecule is CCNC(=NCC(C)COCc1ccccc1)NCCCCOCCOC. The summed E-state index contributed by atoms with van der Waals surface area (Å²) in [5.74, 6) is 1.24. The fourth-order valence-corrected chi connectivity index (χ4v) is 2.37. The van der Waals surface area contributed by atoms with Crippen LogP contribution in [0.2, 0.25) is 0 Å². The van der Waals surface area contributed by atoms with Crippen LogP contribution in [-0.4, -0.2) is 59.1 Å². The highest BCUT2D eigenvalue weighted by atomic mass is 16.5. The van der Waals surface area contributed by atoms with Gasteiger partial charge in [0.05, 0.1) is 26.4 Å². The van der Waals surface area contributed by atoms with Crippen LogP contribution in [-0.2, 0) is 20.8 Å². The number of aliphatic imine (C=N–C) groups is 1. The molecule has 2 N–H and O–H groups in total. The van der Waals surface area contributed by atoms with Crippen molar-refractivity contribution in [3.8, 4) is 0 Å². The summed E-state index contributed by atoms with van der Waals surface area (Å²) in [6.07, 6.45) is 2.08. The van der Waals surface area contributed by atoms with Crippen molar-refractivity contribution in [1.82, 2.24) is 10.6 Å². The molecule has 0 saturated carbocycles. The molecule has 0 saturated heterocycles. The van der Waals surface area contributed by atoms with E-state index in [0.29, 0.717) is 32.3 Å². The topological polar surface area (TPSA) is 64.1 Å². The van der Waals surface area contributed by atoms with E-state index in [4.69, 9.17) is 14.2 Å². The second kappa shape index (κ2) is 16.5. The van der Waals surface area contributed by atoms with Gasteiger partial charge < -0.3 is 24.8 Å². The van der Waals surface area contributed by atoms with Crippen LogP contribution in [0.1, 0.15) is 32.3 Å². The van der Waals surface area contributed by atoms with Gasteiger partial charge in [-0.25, -0.2) is 0 Å². The number of hydrogen-bond acceptors (Lipinski definition) is 4. The van der Waals surface area contributed by atoms with E-state index < -0.39 is 0 Å². The van der Waals surface area contributed by atoms with Crippen LogP contribution in [0.15, 0.2) is 35.3 Å². The third-order valence-electron chi connectivity index (χ3n) is 3.86. The lowest BCUT2D eigenvalue weighted by molar-refractivity contribution is 0.0689. The first-order valence-corrected chi connectivity index (χ1v) is 9.96. The van der Waals surface area contributed by atoms with Crippen LogP contribution in [0, 0.1) is 5.92 Å². The minimum Gasteiger partial charge on any atom is -0.382 e. The van der Waals surface area contributed by atoms with Gasteiger partial charge in [-0.2, -0.15) is 0 Å². The highest BCUT2D eigenvalue weighted by Crippen LogP contribution is 2.03. The normalized spacial score (nSPS) is 12.8. The maximum absolute atomic E-state index is 5.79. The van der Waals surface area contributed by atoms with E-state index in [1.807, 2.05) is 18.2 Å². The quantitative estimate of drug-likeness (QED) is 0.279. The maximum atomic E-state index is 5.79. The minimum absolute atomic E-state index is 0.373. The van der Waals surface area contributed by atoms with Crippen LogP contribution in [0.25, 0.3) is 0 Å². The van der Waals surface area contributed by atoms with Crippen LogP contribution in [0.5, 0.6) is 0 Å². The standard InChI is InChI=1S/C21H37N3O3/c1-4-22-21(23-12-8-9-13-26-15-14-25-3)24-16-19(2)17-27-18-20-10-6-5-7-11-20/h5-7,10-11,19H,4,8-9,12-18H2,1-3H3,(H2,22,23,24). The van der Waals surface area contributed by atoms with Gasteiger partial charge in [-0.1, -0.05) is 37.3 Å². The summed E-state index contributed by atoms with van der Waals surface area (Å²) < 4.78 is 16.2. The minimum atomic E-state index is 0.373. The zero-order valence-electron chi connectivity index (χ0n) is 17.2. The lowest BCUT2D eigenvalue weighted by Crippen LogP contribution is -2.38. The van der Waals surface area contributed by atoms with Gasteiger partial charge in [-0.3, -0.25) is 4.99 Å². The van der Waals surface area contributed by atoms with Crippen molar-refractivity contribution in [3.63, 3.8) is 0 Å². The van der Waals surface area contributed by atoms with E-state index in [0.717, 1.165) is 45.0 Å². The zero-order chi connectivity index (χ0) is 19.6. The van der Waals surface area contributed by atoms with E-state index in [2.05, 4.69) is 41.6 Å². The molecule has 1 unspecified atom stereocenters. The highest BCUT2D eigenvalue weighted by Gasteiger charge is 2.04. The molecule has 0 fully saturated rings. The van der Waals surface area contributed by atoms with E-state index >= 15 is 0 Å². The number of rotatable bonds is 15. The van der Waals surface area contributed by atoms with Crippen molar-refractivity contribution >= 4 is 5.96 Å². The third kappa shape index (κ3) is 13.2. The molecular weight excluding hydrogens is 342 g/mol. The van der Waals surface area contributed by atoms with Crippen molar-refractivity contribution in [2.75, 3.05) is 53.2 Å². The number of ether oxygens (including phenoxy) is 3. The molecule has 0 aliphatic heterocycles. The molecule has 0 heterocycles. The fourth-order valence-electron chi connectivity index (χ4n) is 2.37. The van der Waals surface area contributed by atoms with Crippen molar-refractivity contribution in [1.29, 1.82) is 0 Å². The van der Waals surface area contributed by atoms with Gasteiger partial charge in [-0.05, 0) is 31.2 Å². The molecule has 0 aliphatic carbocycles. The van der Waals surface area contributed by atoms with Gasteiger partial charge in [0.25, 0.3) is 0 Å². The number of methoxy groups -OCH3 is 1. The van der Waals surface area contributed by atoms with Crippen molar-refractivity contribution in [2.45, 2.75) is 33.3 Å². The molecule has 0 aromatic heterocycles. The summed E-state index contributed by atoms with van der Waals surface area (Å²) in [6, 6.07) is 10.3. The molecular formula is C21H37N3O3. The molecule has 27 heavy (non-hydrogen) atoms. The van der Waals surface area contributed by atoms with Crippen LogP contribution in [0.3, 0.4) is 0 Å². The molecule has 6 nitrogen and oxygen atoms in total. The molecule has 0 radical (unpaired) electrons. The van der Waals surface area contributed by atoms with Gasteiger partial charge in [-0.15, -0.1) is 0 Å². The smallest absolute Gasteiger partial charge is 0.191 e. The first-order valence-electron chi connectivity index (χ1n) is 9.96. The van der Waals surface area contributed by atoms with Crippen LogP contribution >= 0.6 is 0 Å². The molecule has 6 heteroatoms. The summed E-state index contributed by atoms with van der Waals surface area (Å²) in [7, 11) is 1.69. The summed E-state index contributed by atoms with van der Waals surface area (Å²) in [5, 5.41) is 6.67. The summed E-state index contributed by atoms with van der Waals surface area (Å²) in [6.45, 7) is 10.2. The molecule has 0 amide bonds. The summed E-state index contributed by atoms with van der Waals surface area (Å²) in [4.78, 5) is 4.66. The Balaban J connectivity index is 2.15. The Hall–Kier alpha value is -1.63. The predicted molar refractivity (Wildman–Crippen MR) is 111 cm³/mol. The van der Waals surface area contributed by atoms with Gasteiger partial charge in [0.2, 0.25) is 0 Å². The Morgan fingerprint density at radius 3 is 2.59 bits per heavy atom. The molecule has 1 rings (SSSR count). The van der Waals surface area contributed by atoms with Crippen LogP contribution in [0.4, 0.5) is 0 Å². The predicted octanol–water partition coefficient (Wildman–Crippen LogP) is 2.84. The second-order valence-corrected chi connectivity index (χ2v) is 6.56. The van der Waals surface area contributed by atoms with Gasteiger partial charge in [0, 0.05) is 33.4 Å². The first kappa shape index (κ1) is 23.4. The maximum Gasteiger partial charge on any atom is 0.191 e. The van der Waals surface area contributed by atoms with E-state index in [1.54, 1.807) is 7.11 Å².